The molecule has 0 heterocycles. The molecule has 2 aromatic carbocycles. The topological polar surface area (TPSA) is 56.8 Å². The molecule has 1 amide bonds. The molecule has 0 aliphatic carbocycles. The number of methoxy groups -OCH3 is 1. The van der Waals surface area contributed by atoms with Crippen LogP contribution < -0.4 is 14.8 Å². The van der Waals surface area contributed by atoms with Gasteiger partial charge in [-0.05, 0) is 87.6 Å². The summed E-state index contributed by atoms with van der Waals surface area (Å²) in [6.45, 7) is 5.36. The zero-order chi connectivity index (χ0) is 22.5. The molecule has 2 rings (SSSR count). The highest BCUT2D eigenvalue weighted by Gasteiger charge is 2.17. The van der Waals surface area contributed by atoms with E-state index in [9.17, 15) is 4.79 Å². The van der Waals surface area contributed by atoms with Gasteiger partial charge in [-0.2, -0.15) is 0 Å². The average Bonchev–Trinajstić information content (AvgIpc) is 2.78. The normalized spacial score (nSPS) is 12.8. The Labute approximate surface area is 191 Å². The highest BCUT2D eigenvalue weighted by atomic mass is 35.5. The Bertz CT molecular complexity index is 760. The molecule has 2 atom stereocenters. The van der Waals surface area contributed by atoms with Gasteiger partial charge in [-0.3, -0.25) is 4.79 Å². The lowest BCUT2D eigenvalue weighted by molar-refractivity contribution is 0.0628. The molecule has 0 saturated heterocycles. The van der Waals surface area contributed by atoms with Crippen molar-refractivity contribution in [1.82, 2.24) is 5.32 Å². The molecule has 6 heteroatoms. The zero-order valence-corrected chi connectivity index (χ0v) is 19.5. The van der Waals surface area contributed by atoms with Gasteiger partial charge >= 0.3 is 0 Å². The Morgan fingerprint density at radius 1 is 0.903 bits per heavy atom. The monoisotopic (exact) mass is 447 g/mol. The summed E-state index contributed by atoms with van der Waals surface area (Å²) in [6, 6.07) is 14.6. The maximum absolute atomic E-state index is 12.4. The van der Waals surface area contributed by atoms with E-state index < -0.39 is 0 Å². The van der Waals surface area contributed by atoms with Crippen molar-refractivity contribution in [1.29, 1.82) is 0 Å². The first kappa shape index (κ1) is 25.0. The van der Waals surface area contributed by atoms with E-state index in [4.69, 9.17) is 25.8 Å². The van der Waals surface area contributed by atoms with Crippen molar-refractivity contribution in [3.8, 4) is 11.5 Å². The Morgan fingerprint density at radius 2 is 1.42 bits per heavy atom. The average molecular weight is 448 g/mol. The number of nitrogens with one attached hydrogen (secondary N) is 1. The standard InChI is InChI=1S/C25H34ClNO4/c1-4-24(29-3)19(2)27-25(28)20-9-13-22(14-10-20)30-17-7-5-6-8-18-31-23-15-11-21(26)12-16-23/h9-16,19,24H,4-8,17-18H2,1-3H3,(H,27,28). The summed E-state index contributed by atoms with van der Waals surface area (Å²) in [5, 5.41) is 3.70. The van der Waals surface area contributed by atoms with E-state index >= 15 is 0 Å². The van der Waals surface area contributed by atoms with Crippen LogP contribution >= 0.6 is 11.6 Å². The highest BCUT2D eigenvalue weighted by Crippen LogP contribution is 2.16. The van der Waals surface area contributed by atoms with Crippen molar-refractivity contribution in [2.24, 2.45) is 0 Å². The van der Waals surface area contributed by atoms with Crippen LogP contribution in [-0.4, -0.2) is 38.4 Å². The molecule has 1 N–H and O–H groups in total. The van der Waals surface area contributed by atoms with Crippen molar-refractivity contribution in [2.45, 2.75) is 58.1 Å². The number of amides is 1. The number of halogens is 1. The minimum Gasteiger partial charge on any atom is -0.494 e. The first-order chi connectivity index (χ1) is 15.0. The second kappa shape index (κ2) is 13.9. The molecule has 0 bridgehead atoms. The molecule has 170 valence electrons. The minimum absolute atomic E-state index is 0.00977. The van der Waals surface area contributed by atoms with Crippen LogP contribution in [0.5, 0.6) is 11.5 Å². The van der Waals surface area contributed by atoms with Crippen molar-refractivity contribution >= 4 is 17.5 Å². The Kier molecular flexibility index (Phi) is 11.3. The maximum Gasteiger partial charge on any atom is 0.251 e. The van der Waals surface area contributed by atoms with E-state index in [1.54, 1.807) is 19.2 Å². The number of hydrogen-bond acceptors (Lipinski definition) is 4. The third-order valence-corrected chi connectivity index (χ3v) is 5.38. The lowest BCUT2D eigenvalue weighted by Crippen LogP contribution is -2.41. The minimum atomic E-state index is -0.102. The molecule has 2 unspecified atom stereocenters. The predicted octanol–water partition coefficient (Wildman–Crippen LogP) is 5.90. The number of ether oxygens (including phenoxy) is 3. The van der Waals surface area contributed by atoms with Crippen LogP contribution in [-0.2, 0) is 4.74 Å². The number of hydrogen-bond donors (Lipinski definition) is 1. The quantitative estimate of drug-likeness (QED) is 0.366. The summed E-state index contributed by atoms with van der Waals surface area (Å²) >= 11 is 5.86. The summed E-state index contributed by atoms with van der Waals surface area (Å²) in [5.41, 5.74) is 0.617. The fourth-order valence-electron chi connectivity index (χ4n) is 3.28. The van der Waals surface area contributed by atoms with Gasteiger partial charge in [-0.1, -0.05) is 18.5 Å². The number of rotatable bonds is 14. The van der Waals surface area contributed by atoms with Gasteiger partial charge < -0.3 is 19.5 Å². The smallest absolute Gasteiger partial charge is 0.251 e. The van der Waals surface area contributed by atoms with Crippen LogP contribution in [0.3, 0.4) is 0 Å². The van der Waals surface area contributed by atoms with E-state index in [1.165, 1.54) is 0 Å². The lowest BCUT2D eigenvalue weighted by Gasteiger charge is -2.22. The summed E-state index contributed by atoms with van der Waals surface area (Å²) in [5.74, 6) is 1.53. The van der Waals surface area contributed by atoms with Gasteiger partial charge in [-0.25, -0.2) is 0 Å². The SMILES string of the molecule is CCC(OC)C(C)NC(=O)c1ccc(OCCCCCCOc2ccc(Cl)cc2)cc1. The second-order valence-corrected chi connectivity index (χ2v) is 7.97. The third-order valence-electron chi connectivity index (χ3n) is 5.13. The number of benzene rings is 2. The van der Waals surface area contributed by atoms with Gasteiger partial charge in [-0.15, -0.1) is 0 Å². The fraction of sp³-hybridized carbons (Fsp3) is 0.480. The molecule has 0 aromatic heterocycles. The van der Waals surface area contributed by atoms with Crippen molar-refractivity contribution in [3.63, 3.8) is 0 Å². The molecule has 0 aliphatic heterocycles. The molecule has 0 spiro atoms. The predicted molar refractivity (Wildman–Crippen MR) is 125 cm³/mol. The molecule has 0 radical (unpaired) electrons. The van der Waals surface area contributed by atoms with Crippen LogP contribution in [0, 0.1) is 0 Å². The molecular weight excluding hydrogens is 414 g/mol. The molecule has 2 aromatic rings. The maximum atomic E-state index is 12.4. The van der Waals surface area contributed by atoms with Gasteiger partial charge in [0.2, 0.25) is 0 Å². The second-order valence-electron chi connectivity index (χ2n) is 7.53. The van der Waals surface area contributed by atoms with Gasteiger partial charge in [0.15, 0.2) is 0 Å². The largest absolute Gasteiger partial charge is 0.494 e. The molecular formula is C25H34ClNO4. The van der Waals surface area contributed by atoms with Gasteiger partial charge in [0, 0.05) is 17.7 Å². The van der Waals surface area contributed by atoms with E-state index in [0.717, 1.165) is 43.6 Å². The first-order valence-corrected chi connectivity index (χ1v) is 11.4. The number of carbonyl (C=O) groups is 1. The highest BCUT2D eigenvalue weighted by molar-refractivity contribution is 6.30. The molecule has 0 aliphatic rings. The summed E-state index contributed by atoms with van der Waals surface area (Å²) in [6.07, 6.45) is 5.02. The van der Waals surface area contributed by atoms with Crippen LogP contribution in [0.2, 0.25) is 5.02 Å². The Morgan fingerprint density at radius 3 is 1.90 bits per heavy atom. The zero-order valence-electron chi connectivity index (χ0n) is 18.7. The van der Waals surface area contributed by atoms with Crippen LogP contribution in [0.15, 0.2) is 48.5 Å². The van der Waals surface area contributed by atoms with E-state index in [1.807, 2.05) is 50.2 Å². The Balaban J connectivity index is 1.58. The lowest BCUT2D eigenvalue weighted by atomic mass is 10.1. The van der Waals surface area contributed by atoms with Gasteiger partial charge in [0.25, 0.3) is 5.91 Å². The van der Waals surface area contributed by atoms with E-state index in [2.05, 4.69) is 5.32 Å². The van der Waals surface area contributed by atoms with Crippen LogP contribution in [0.25, 0.3) is 0 Å². The molecule has 0 fully saturated rings. The number of carbonyl (C=O) groups excluding carboxylic acids is 1. The van der Waals surface area contributed by atoms with Crippen LogP contribution in [0.1, 0.15) is 56.3 Å². The number of unbranched alkanes of at least 4 members (excludes halogenated alkanes) is 3. The van der Waals surface area contributed by atoms with Gasteiger partial charge in [0.05, 0.1) is 25.4 Å². The summed E-state index contributed by atoms with van der Waals surface area (Å²) in [7, 11) is 1.66. The van der Waals surface area contributed by atoms with Crippen molar-refractivity contribution in [2.75, 3.05) is 20.3 Å². The molecule has 5 nitrogen and oxygen atoms in total. The van der Waals surface area contributed by atoms with Gasteiger partial charge in [0.1, 0.15) is 11.5 Å². The summed E-state index contributed by atoms with van der Waals surface area (Å²) < 4.78 is 16.9. The first-order valence-electron chi connectivity index (χ1n) is 11.0. The molecule has 31 heavy (non-hydrogen) atoms. The fourth-order valence-corrected chi connectivity index (χ4v) is 3.40. The Hall–Kier alpha value is -2.24. The summed E-state index contributed by atoms with van der Waals surface area (Å²) in [4.78, 5) is 12.4. The van der Waals surface area contributed by atoms with E-state index in [0.29, 0.717) is 23.8 Å². The van der Waals surface area contributed by atoms with E-state index in [-0.39, 0.29) is 18.1 Å². The van der Waals surface area contributed by atoms with Crippen LogP contribution in [0.4, 0.5) is 0 Å². The molecule has 0 saturated carbocycles. The van der Waals surface area contributed by atoms with Crippen molar-refractivity contribution in [3.05, 3.63) is 59.1 Å². The third kappa shape index (κ3) is 9.19. The van der Waals surface area contributed by atoms with Crippen molar-refractivity contribution < 1.29 is 19.0 Å².